The van der Waals surface area contributed by atoms with Crippen molar-refractivity contribution in [3.05, 3.63) is 45.9 Å². The van der Waals surface area contributed by atoms with Crippen molar-refractivity contribution in [2.45, 2.75) is 6.92 Å². The first-order valence-corrected chi connectivity index (χ1v) is 6.17. The molecule has 0 aliphatic carbocycles. The number of carbonyl (C=O) groups is 1. The summed E-state index contributed by atoms with van der Waals surface area (Å²) in [6.45, 7) is 1.64. The van der Waals surface area contributed by atoms with Crippen LogP contribution in [0.25, 0.3) is 0 Å². The Morgan fingerprint density at radius 3 is 2.43 bits per heavy atom. The molecule has 108 valence electrons. The number of aryl methyl sites for hydroxylation is 1. The quantitative estimate of drug-likeness (QED) is 0.587. The summed E-state index contributed by atoms with van der Waals surface area (Å²) >= 11 is 4.72. The van der Waals surface area contributed by atoms with E-state index in [9.17, 15) is 9.59 Å². The van der Waals surface area contributed by atoms with Gasteiger partial charge in [-0.05, 0) is 43.4 Å². The van der Waals surface area contributed by atoms with Crippen LogP contribution >= 0.6 is 12.2 Å². The molecule has 2 aromatic rings. The number of azo groups is 1. The first kappa shape index (κ1) is 14.6. The van der Waals surface area contributed by atoms with Crippen molar-refractivity contribution in [1.82, 2.24) is 9.78 Å². The predicted molar refractivity (Wildman–Crippen MR) is 79.6 cm³/mol. The number of rotatable bonds is 3. The molecular weight excluding hydrogens is 294 g/mol. The van der Waals surface area contributed by atoms with Crippen LogP contribution in [0.1, 0.15) is 16.1 Å². The van der Waals surface area contributed by atoms with Crippen molar-refractivity contribution in [1.29, 1.82) is 0 Å². The molecule has 0 saturated heterocycles. The number of nitrogens with zero attached hydrogens (tertiary/aromatic N) is 3. The molecule has 0 aliphatic heterocycles. The number of hydrogen-bond acceptors (Lipinski definition) is 5. The topological polar surface area (TPSA) is 126 Å². The van der Waals surface area contributed by atoms with Crippen molar-refractivity contribution in [3.8, 4) is 0 Å². The van der Waals surface area contributed by atoms with Crippen LogP contribution < -0.4 is 11.3 Å². The Morgan fingerprint density at radius 1 is 1.33 bits per heavy atom. The van der Waals surface area contributed by atoms with E-state index in [0.29, 0.717) is 11.4 Å². The van der Waals surface area contributed by atoms with Gasteiger partial charge in [-0.1, -0.05) is 0 Å². The number of hydrogen-bond donors (Lipinski definition) is 3. The number of carboxylic acid groups (broad SMARTS) is 1. The lowest BCUT2D eigenvalue weighted by atomic mass is 10.2. The molecule has 21 heavy (non-hydrogen) atoms. The summed E-state index contributed by atoms with van der Waals surface area (Å²) in [6, 6.07) is 5.77. The number of nitrogens with one attached hydrogen (secondary N) is 1. The number of H-pyrrole nitrogens is 1. The van der Waals surface area contributed by atoms with E-state index in [2.05, 4.69) is 15.3 Å². The second-order valence-electron chi connectivity index (χ2n) is 4.12. The molecule has 0 amide bonds. The number of carboxylic acids is 1. The highest BCUT2D eigenvalue weighted by atomic mass is 32.1. The maximum atomic E-state index is 11.9. The Morgan fingerprint density at radius 2 is 1.95 bits per heavy atom. The maximum absolute atomic E-state index is 11.9. The fourth-order valence-electron chi connectivity index (χ4n) is 1.59. The van der Waals surface area contributed by atoms with E-state index >= 15 is 0 Å². The van der Waals surface area contributed by atoms with Crippen molar-refractivity contribution in [3.63, 3.8) is 0 Å². The van der Waals surface area contributed by atoms with E-state index in [1.165, 1.54) is 24.3 Å². The van der Waals surface area contributed by atoms with E-state index in [0.717, 1.165) is 4.68 Å². The van der Waals surface area contributed by atoms with E-state index in [1.54, 1.807) is 6.92 Å². The van der Waals surface area contributed by atoms with Gasteiger partial charge in [-0.2, -0.15) is 9.80 Å². The lowest BCUT2D eigenvalue weighted by molar-refractivity contribution is 0.0697. The van der Waals surface area contributed by atoms with Gasteiger partial charge in [0.2, 0.25) is 0 Å². The summed E-state index contributed by atoms with van der Waals surface area (Å²) in [7, 11) is 0. The molecule has 0 aliphatic rings. The fourth-order valence-corrected chi connectivity index (χ4v) is 1.72. The van der Waals surface area contributed by atoms with Crippen LogP contribution in [-0.2, 0) is 0 Å². The van der Waals surface area contributed by atoms with Crippen LogP contribution in [0.5, 0.6) is 0 Å². The molecular formula is C12H11N5O3S. The molecule has 0 radical (unpaired) electrons. The maximum Gasteiger partial charge on any atom is 0.335 e. The minimum Gasteiger partial charge on any atom is -0.478 e. The third-order valence-corrected chi connectivity index (χ3v) is 2.82. The van der Waals surface area contributed by atoms with Crippen molar-refractivity contribution < 1.29 is 9.90 Å². The molecule has 0 spiro atoms. The largest absolute Gasteiger partial charge is 0.478 e. The lowest BCUT2D eigenvalue weighted by Gasteiger charge is -1.94. The number of aromatic nitrogens is 2. The molecule has 9 heteroatoms. The third kappa shape index (κ3) is 3.03. The van der Waals surface area contributed by atoms with Crippen LogP contribution in [0, 0.1) is 6.92 Å². The molecule has 0 unspecified atom stereocenters. The average molecular weight is 305 g/mol. The van der Waals surface area contributed by atoms with Gasteiger partial charge in [0, 0.05) is 0 Å². The van der Waals surface area contributed by atoms with Crippen LogP contribution in [0.3, 0.4) is 0 Å². The molecule has 0 bridgehead atoms. The van der Waals surface area contributed by atoms with Crippen molar-refractivity contribution in [2.75, 3.05) is 0 Å². The van der Waals surface area contributed by atoms with Crippen LogP contribution in [0.4, 0.5) is 11.4 Å². The molecule has 0 saturated carbocycles. The number of aromatic amines is 1. The number of benzene rings is 1. The average Bonchev–Trinajstić information content (AvgIpc) is 2.72. The monoisotopic (exact) mass is 305 g/mol. The van der Waals surface area contributed by atoms with Crippen molar-refractivity contribution in [2.24, 2.45) is 16.0 Å². The smallest absolute Gasteiger partial charge is 0.335 e. The first-order chi connectivity index (χ1) is 9.90. The zero-order chi connectivity index (χ0) is 15.6. The molecule has 0 atom stereocenters. The highest BCUT2D eigenvalue weighted by molar-refractivity contribution is 7.80. The highest BCUT2D eigenvalue weighted by Gasteiger charge is 2.11. The molecule has 1 aromatic heterocycles. The van der Waals surface area contributed by atoms with E-state index in [-0.39, 0.29) is 16.4 Å². The Hall–Kier alpha value is -2.81. The van der Waals surface area contributed by atoms with Gasteiger partial charge in [0.1, 0.15) is 0 Å². The van der Waals surface area contributed by atoms with Crippen LogP contribution in [-0.4, -0.2) is 26.0 Å². The lowest BCUT2D eigenvalue weighted by Crippen LogP contribution is -2.29. The number of thiocarbonyl (C=S) groups is 1. The van der Waals surface area contributed by atoms with E-state index in [4.69, 9.17) is 23.1 Å². The van der Waals surface area contributed by atoms with Gasteiger partial charge < -0.3 is 10.8 Å². The Bertz CT molecular complexity index is 788. The first-order valence-electron chi connectivity index (χ1n) is 5.76. The molecule has 1 aromatic carbocycles. The van der Waals surface area contributed by atoms with Gasteiger partial charge in [0.15, 0.2) is 10.8 Å². The van der Waals surface area contributed by atoms with Gasteiger partial charge in [-0.15, -0.1) is 5.11 Å². The Labute approximate surface area is 123 Å². The summed E-state index contributed by atoms with van der Waals surface area (Å²) in [5.74, 6) is -1.03. The molecule has 4 N–H and O–H groups in total. The molecule has 0 fully saturated rings. The molecule has 8 nitrogen and oxygen atoms in total. The molecule has 2 rings (SSSR count). The van der Waals surface area contributed by atoms with Crippen LogP contribution in [0.2, 0.25) is 0 Å². The predicted octanol–water partition coefficient (Wildman–Crippen LogP) is 1.69. The SMILES string of the molecule is Cc1[nH]n(C(N)=S)c(=O)c1N=Nc1ccc(C(=O)O)cc1. The summed E-state index contributed by atoms with van der Waals surface area (Å²) in [6.07, 6.45) is 0. The van der Waals surface area contributed by atoms with Gasteiger partial charge in [-0.3, -0.25) is 9.89 Å². The second kappa shape index (κ2) is 5.67. The fraction of sp³-hybridized carbons (Fsp3) is 0.0833. The highest BCUT2D eigenvalue weighted by Crippen LogP contribution is 2.18. The minimum atomic E-state index is -1.03. The molecule has 1 heterocycles. The Kier molecular flexibility index (Phi) is 3.94. The van der Waals surface area contributed by atoms with Crippen LogP contribution in [0.15, 0.2) is 39.3 Å². The van der Waals surface area contributed by atoms with Gasteiger partial charge >= 0.3 is 11.5 Å². The Balaban J connectivity index is 2.31. The zero-order valence-electron chi connectivity index (χ0n) is 10.9. The summed E-state index contributed by atoms with van der Waals surface area (Å²) < 4.78 is 0.993. The summed E-state index contributed by atoms with van der Waals surface area (Å²) in [5, 5.41) is 19.1. The zero-order valence-corrected chi connectivity index (χ0v) is 11.7. The van der Waals surface area contributed by atoms with E-state index < -0.39 is 11.5 Å². The minimum absolute atomic E-state index is 0.0881. The normalized spacial score (nSPS) is 10.9. The van der Waals surface area contributed by atoms with Gasteiger partial charge in [0.05, 0.1) is 16.9 Å². The summed E-state index contributed by atoms with van der Waals surface area (Å²) in [5.41, 5.74) is 6.01. The van der Waals surface area contributed by atoms with Gasteiger partial charge in [0.25, 0.3) is 0 Å². The number of aromatic carboxylic acids is 1. The van der Waals surface area contributed by atoms with Crippen molar-refractivity contribution >= 4 is 34.7 Å². The second-order valence-corrected chi connectivity index (χ2v) is 4.53. The van der Waals surface area contributed by atoms with E-state index in [1.807, 2.05) is 0 Å². The third-order valence-electron chi connectivity index (χ3n) is 2.64. The standard InChI is InChI=1S/C12H11N5O3S/c1-6-9(10(18)17(16-6)12(13)21)15-14-8-4-2-7(3-5-8)11(19)20/h2-5,16H,1H3,(H2,13,21)(H,19,20). The van der Waals surface area contributed by atoms with Gasteiger partial charge in [-0.25, -0.2) is 4.79 Å². The summed E-state index contributed by atoms with van der Waals surface area (Å²) in [4.78, 5) is 22.6. The number of nitrogens with two attached hydrogens (primary N) is 1.